The molecule has 12 heteroatoms. The highest BCUT2D eigenvalue weighted by molar-refractivity contribution is 7.89. The maximum atomic E-state index is 13.0. The van der Waals surface area contributed by atoms with E-state index in [2.05, 4.69) is 10.6 Å². The normalized spacial score (nSPS) is 13.1. The van der Waals surface area contributed by atoms with Crippen LogP contribution in [0.2, 0.25) is 5.02 Å². The summed E-state index contributed by atoms with van der Waals surface area (Å²) in [6, 6.07) is 8.55. The lowest BCUT2D eigenvalue weighted by atomic mass is 10.2. The number of hydrogen-bond donors (Lipinski definition) is 2. The SMILES string of the molecule is CCOC(=O)c1cccc(NC(=O)CN(C)S(=O)(=O)c2cc3c(cc2Cl)NC(=O)CO3)c1. The fourth-order valence-electron chi connectivity index (χ4n) is 2.87. The molecule has 0 bridgehead atoms. The fourth-order valence-corrected chi connectivity index (χ4v) is 4.51. The van der Waals surface area contributed by atoms with Gasteiger partial charge in [0.05, 0.1) is 29.4 Å². The van der Waals surface area contributed by atoms with Crippen molar-refractivity contribution in [2.45, 2.75) is 11.8 Å². The van der Waals surface area contributed by atoms with Gasteiger partial charge in [-0.25, -0.2) is 13.2 Å². The van der Waals surface area contributed by atoms with Gasteiger partial charge in [-0.1, -0.05) is 17.7 Å². The van der Waals surface area contributed by atoms with E-state index in [0.29, 0.717) is 5.69 Å². The zero-order chi connectivity index (χ0) is 23.5. The third-order valence-electron chi connectivity index (χ3n) is 4.38. The molecular formula is C20H20ClN3O7S. The molecule has 0 saturated heterocycles. The first-order chi connectivity index (χ1) is 15.1. The van der Waals surface area contributed by atoms with Crippen LogP contribution in [0.25, 0.3) is 0 Å². The minimum atomic E-state index is -4.16. The van der Waals surface area contributed by atoms with E-state index in [-0.39, 0.29) is 46.0 Å². The number of esters is 1. The average Bonchev–Trinajstić information content (AvgIpc) is 2.73. The molecule has 0 spiro atoms. The Bertz CT molecular complexity index is 1180. The number of benzene rings is 2. The second-order valence-electron chi connectivity index (χ2n) is 6.73. The van der Waals surface area contributed by atoms with Crippen molar-refractivity contribution in [3.8, 4) is 5.75 Å². The van der Waals surface area contributed by atoms with Gasteiger partial charge in [0.2, 0.25) is 15.9 Å². The molecule has 0 aromatic heterocycles. The molecule has 3 rings (SSSR count). The quantitative estimate of drug-likeness (QED) is 0.579. The number of ether oxygens (including phenoxy) is 2. The molecule has 1 heterocycles. The van der Waals surface area contributed by atoms with Crippen LogP contribution in [0.1, 0.15) is 17.3 Å². The zero-order valence-corrected chi connectivity index (χ0v) is 18.7. The number of carbonyl (C=O) groups excluding carboxylic acids is 3. The molecule has 32 heavy (non-hydrogen) atoms. The second kappa shape index (κ2) is 9.55. The van der Waals surface area contributed by atoms with Gasteiger partial charge in [0.1, 0.15) is 10.6 Å². The third kappa shape index (κ3) is 5.18. The maximum absolute atomic E-state index is 13.0. The predicted octanol–water partition coefficient (Wildman–Crippen LogP) is 2.11. The number of nitrogens with one attached hydrogen (secondary N) is 2. The molecule has 10 nitrogen and oxygen atoms in total. The summed E-state index contributed by atoms with van der Waals surface area (Å²) in [6.07, 6.45) is 0. The van der Waals surface area contributed by atoms with Gasteiger partial charge in [0.15, 0.2) is 6.61 Å². The molecule has 2 N–H and O–H groups in total. The molecule has 1 aliphatic rings. The van der Waals surface area contributed by atoms with Crippen molar-refractivity contribution in [2.24, 2.45) is 0 Å². The van der Waals surface area contributed by atoms with E-state index in [0.717, 1.165) is 4.31 Å². The first-order valence-corrected chi connectivity index (χ1v) is 11.2. The molecule has 1 aliphatic heterocycles. The Hall–Kier alpha value is -3.15. The van der Waals surface area contributed by atoms with Crippen LogP contribution in [0.4, 0.5) is 11.4 Å². The third-order valence-corrected chi connectivity index (χ3v) is 6.65. The molecule has 2 aromatic rings. The summed E-state index contributed by atoms with van der Waals surface area (Å²) >= 11 is 6.12. The number of carbonyl (C=O) groups is 3. The van der Waals surface area contributed by atoms with Gasteiger partial charge >= 0.3 is 5.97 Å². The summed E-state index contributed by atoms with van der Waals surface area (Å²) in [5.74, 6) is -1.40. The molecule has 0 aliphatic carbocycles. The van der Waals surface area contributed by atoms with Crippen LogP contribution in [0, 0.1) is 0 Å². The molecule has 170 valence electrons. The number of amides is 2. The largest absolute Gasteiger partial charge is 0.482 e. The van der Waals surface area contributed by atoms with Crippen LogP contribution < -0.4 is 15.4 Å². The van der Waals surface area contributed by atoms with Crippen LogP contribution in [0.5, 0.6) is 5.75 Å². The van der Waals surface area contributed by atoms with Crippen molar-refractivity contribution < 1.29 is 32.3 Å². The lowest BCUT2D eigenvalue weighted by Gasteiger charge is -2.22. The van der Waals surface area contributed by atoms with Crippen molar-refractivity contribution in [2.75, 3.05) is 37.4 Å². The average molecular weight is 482 g/mol. The minimum Gasteiger partial charge on any atom is -0.482 e. The van der Waals surface area contributed by atoms with Gasteiger partial charge in [0, 0.05) is 18.8 Å². The lowest BCUT2D eigenvalue weighted by molar-refractivity contribution is -0.118. The molecule has 0 unspecified atom stereocenters. The molecule has 0 saturated carbocycles. The van der Waals surface area contributed by atoms with E-state index in [1.54, 1.807) is 19.1 Å². The van der Waals surface area contributed by atoms with Gasteiger partial charge in [-0.05, 0) is 31.2 Å². The molecule has 2 amide bonds. The topological polar surface area (TPSA) is 131 Å². The van der Waals surface area contributed by atoms with Gasteiger partial charge < -0.3 is 20.1 Å². The molecule has 0 fully saturated rings. The Kier molecular flexibility index (Phi) is 7.02. The zero-order valence-electron chi connectivity index (χ0n) is 17.2. The number of nitrogens with zero attached hydrogens (tertiary/aromatic N) is 1. The van der Waals surface area contributed by atoms with E-state index < -0.39 is 28.4 Å². The van der Waals surface area contributed by atoms with Crippen LogP contribution >= 0.6 is 11.6 Å². The molecule has 0 atom stereocenters. The highest BCUT2D eigenvalue weighted by Crippen LogP contribution is 2.36. The van der Waals surface area contributed by atoms with Crippen LogP contribution in [-0.2, 0) is 24.3 Å². The van der Waals surface area contributed by atoms with Crippen molar-refractivity contribution >= 4 is 50.8 Å². The van der Waals surface area contributed by atoms with Gasteiger partial charge in [0.25, 0.3) is 5.91 Å². The Balaban J connectivity index is 1.73. The van der Waals surface area contributed by atoms with E-state index in [1.165, 1.54) is 31.3 Å². The Morgan fingerprint density at radius 2 is 2.03 bits per heavy atom. The maximum Gasteiger partial charge on any atom is 0.338 e. The lowest BCUT2D eigenvalue weighted by Crippen LogP contribution is -2.35. The van der Waals surface area contributed by atoms with Crippen LogP contribution in [-0.4, -0.2) is 57.3 Å². The fraction of sp³-hybridized carbons (Fsp3) is 0.250. The van der Waals surface area contributed by atoms with E-state index in [1.807, 2.05) is 0 Å². The van der Waals surface area contributed by atoms with E-state index >= 15 is 0 Å². The first kappa shape index (κ1) is 23.5. The monoisotopic (exact) mass is 481 g/mol. The summed E-state index contributed by atoms with van der Waals surface area (Å²) in [5.41, 5.74) is 0.813. The van der Waals surface area contributed by atoms with Crippen molar-refractivity contribution in [3.63, 3.8) is 0 Å². The minimum absolute atomic E-state index is 0.135. The molecular weight excluding hydrogens is 462 g/mol. The number of fused-ring (bicyclic) bond motifs is 1. The van der Waals surface area contributed by atoms with Gasteiger partial charge in [-0.2, -0.15) is 4.31 Å². The highest BCUT2D eigenvalue weighted by atomic mass is 35.5. The number of hydrogen-bond acceptors (Lipinski definition) is 7. The van der Waals surface area contributed by atoms with Gasteiger partial charge in [-0.3, -0.25) is 9.59 Å². The van der Waals surface area contributed by atoms with E-state index in [4.69, 9.17) is 21.1 Å². The number of sulfonamides is 1. The number of rotatable bonds is 7. The first-order valence-electron chi connectivity index (χ1n) is 9.41. The van der Waals surface area contributed by atoms with Crippen molar-refractivity contribution in [3.05, 3.63) is 47.0 Å². The summed E-state index contributed by atoms with van der Waals surface area (Å²) in [4.78, 5) is 35.4. The number of likely N-dealkylation sites (N-methyl/N-ethyl adjacent to an activating group) is 1. The predicted molar refractivity (Wildman–Crippen MR) is 116 cm³/mol. The van der Waals surface area contributed by atoms with Crippen molar-refractivity contribution in [1.29, 1.82) is 0 Å². The molecule has 2 aromatic carbocycles. The standard InChI is InChI=1S/C20H20ClN3O7S/c1-3-30-20(27)12-5-4-6-13(7-12)22-18(25)10-24(2)32(28,29)17-9-16-15(8-14(17)21)23-19(26)11-31-16/h4-9H,3,10-11H2,1-2H3,(H,22,25)(H,23,26). The number of anilines is 2. The Morgan fingerprint density at radius 3 is 2.75 bits per heavy atom. The summed E-state index contributed by atoms with van der Waals surface area (Å²) in [5, 5.41) is 4.94. The Morgan fingerprint density at radius 1 is 1.28 bits per heavy atom. The summed E-state index contributed by atoms with van der Waals surface area (Å²) in [6.45, 7) is 1.12. The molecule has 0 radical (unpaired) electrons. The highest BCUT2D eigenvalue weighted by Gasteiger charge is 2.29. The number of halogens is 1. The summed E-state index contributed by atoms with van der Waals surface area (Å²) < 4.78 is 36.9. The summed E-state index contributed by atoms with van der Waals surface area (Å²) in [7, 11) is -2.93. The van der Waals surface area contributed by atoms with Gasteiger partial charge in [-0.15, -0.1) is 0 Å². The van der Waals surface area contributed by atoms with E-state index in [9.17, 15) is 22.8 Å². The van der Waals surface area contributed by atoms with Crippen LogP contribution in [0.3, 0.4) is 0 Å². The van der Waals surface area contributed by atoms with Crippen molar-refractivity contribution in [1.82, 2.24) is 4.31 Å². The Labute approximate surface area is 189 Å². The van der Waals surface area contributed by atoms with Crippen LogP contribution in [0.15, 0.2) is 41.3 Å². The smallest absolute Gasteiger partial charge is 0.338 e. The second-order valence-corrected chi connectivity index (χ2v) is 9.15.